The number of carbonyl (C=O) groups is 1. The third kappa shape index (κ3) is 3.06. The first kappa shape index (κ1) is 15.3. The molecule has 0 fully saturated rings. The zero-order valence-corrected chi connectivity index (χ0v) is 13.6. The van der Waals surface area contributed by atoms with E-state index in [-0.39, 0.29) is 11.9 Å². The third-order valence-corrected chi connectivity index (χ3v) is 4.28. The minimum absolute atomic E-state index is 0.109. The molecule has 0 spiro atoms. The Kier molecular flexibility index (Phi) is 4.09. The molecule has 1 aliphatic rings. The lowest BCUT2D eigenvalue weighted by molar-refractivity contribution is 0.0708. The Morgan fingerprint density at radius 3 is 2.24 bits per heavy atom. The highest BCUT2D eigenvalue weighted by molar-refractivity contribution is 6.04. The summed E-state index contributed by atoms with van der Waals surface area (Å²) in [4.78, 5) is 17.4. The molecular formula is C21H17N3O. The predicted octanol–water partition coefficient (Wildman–Crippen LogP) is 4.07. The molecule has 1 aliphatic heterocycles. The standard InChI is InChI=1S/C21H17N3O/c25-21(17-11-5-2-6-12-17)24-20(18-13-7-8-14-22-18)15-19(23-24)16-9-3-1-4-10-16/h1-14,20H,15H2. The lowest BCUT2D eigenvalue weighted by Crippen LogP contribution is -2.27. The van der Waals surface area contributed by atoms with Gasteiger partial charge in [-0.3, -0.25) is 9.78 Å². The van der Waals surface area contributed by atoms with E-state index in [1.807, 2.05) is 78.9 Å². The van der Waals surface area contributed by atoms with Gasteiger partial charge in [-0.2, -0.15) is 5.10 Å². The number of rotatable bonds is 3. The van der Waals surface area contributed by atoms with Gasteiger partial charge in [0, 0.05) is 18.2 Å². The normalized spacial score (nSPS) is 16.6. The second-order valence-corrected chi connectivity index (χ2v) is 5.90. The van der Waals surface area contributed by atoms with E-state index in [1.54, 1.807) is 11.2 Å². The largest absolute Gasteiger partial charge is 0.274 e. The summed E-state index contributed by atoms with van der Waals surface area (Å²) in [7, 11) is 0. The molecule has 3 aromatic rings. The van der Waals surface area contributed by atoms with Crippen LogP contribution >= 0.6 is 0 Å². The summed E-state index contributed by atoms with van der Waals surface area (Å²) in [6.45, 7) is 0. The summed E-state index contributed by atoms with van der Waals surface area (Å²) in [5, 5.41) is 6.22. The van der Waals surface area contributed by atoms with Gasteiger partial charge in [0.15, 0.2) is 0 Å². The SMILES string of the molecule is O=C(c1ccccc1)N1N=C(c2ccccc2)CC1c1ccccn1. The molecule has 1 atom stereocenters. The van der Waals surface area contributed by atoms with Gasteiger partial charge in [-0.1, -0.05) is 54.6 Å². The lowest BCUT2D eigenvalue weighted by Gasteiger charge is -2.21. The smallest absolute Gasteiger partial charge is 0.267 e. The number of carbonyl (C=O) groups excluding carboxylic acids is 1. The van der Waals surface area contributed by atoms with Crippen molar-refractivity contribution in [3.05, 3.63) is 102 Å². The number of aromatic nitrogens is 1. The number of hydrogen-bond donors (Lipinski definition) is 0. The maximum Gasteiger partial charge on any atom is 0.274 e. The minimum atomic E-state index is -0.191. The van der Waals surface area contributed by atoms with Gasteiger partial charge in [0.05, 0.1) is 11.4 Å². The van der Waals surface area contributed by atoms with E-state index in [0.717, 1.165) is 17.0 Å². The Morgan fingerprint density at radius 2 is 1.56 bits per heavy atom. The minimum Gasteiger partial charge on any atom is -0.267 e. The van der Waals surface area contributed by atoms with E-state index in [0.29, 0.717) is 12.0 Å². The van der Waals surface area contributed by atoms with Crippen LogP contribution < -0.4 is 0 Å². The molecule has 0 bridgehead atoms. The topological polar surface area (TPSA) is 45.6 Å². The molecule has 25 heavy (non-hydrogen) atoms. The average molecular weight is 327 g/mol. The summed E-state index contributed by atoms with van der Waals surface area (Å²) in [6, 6.07) is 24.8. The van der Waals surface area contributed by atoms with Gasteiger partial charge in [0.2, 0.25) is 0 Å². The van der Waals surface area contributed by atoms with E-state index in [1.165, 1.54) is 0 Å². The number of nitrogens with zero attached hydrogens (tertiary/aromatic N) is 3. The number of benzene rings is 2. The molecule has 4 nitrogen and oxygen atoms in total. The summed E-state index contributed by atoms with van der Waals surface area (Å²) in [5.41, 5.74) is 3.41. The molecule has 2 heterocycles. The Morgan fingerprint density at radius 1 is 0.880 bits per heavy atom. The van der Waals surface area contributed by atoms with Crippen molar-refractivity contribution in [2.45, 2.75) is 12.5 Å². The van der Waals surface area contributed by atoms with Crippen molar-refractivity contribution >= 4 is 11.6 Å². The van der Waals surface area contributed by atoms with Gasteiger partial charge in [-0.15, -0.1) is 0 Å². The maximum absolute atomic E-state index is 13.0. The molecule has 122 valence electrons. The fourth-order valence-corrected chi connectivity index (χ4v) is 3.02. The molecule has 0 saturated heterocycles. The van der Waals surface area contributed by atoms with Crippen LogP contribution in [0.2, 0.25) is 0 Å². The second kappa shape index (κ2) is 6.69. The third-order valence-electron chi connectivity index (χ3n) is 4.28. The van der Waals surface area contributed by atoms with Crippen molar-refractivity contribution in [2.24, 2.45) is 5.10 Å². The van der Waals surface area contributed by atoms with Crippen LogP contribution in [0.5, 0.6) is 0 Å². The molecule has 0 radical (unpaired) electrons. The van der Waals surface area contributed by atoms with Crippen LogP contribution in [0.15, 0.2) is 90.2 Å². The van der Waals surface area contributed by atoms with Gasteiger partial charge in [-0.05, 0) is 29.8 Å². The summed E-state index contributed by atoms with van der Waals surface area (Å²) >= 11 is 0. The molecule has 0 saturated carbocycles. The monoisotopic (exact) mass is 327 g/mol. The maximum atomic E-state index is 13.0. The van der Waals surface area contributed by atoms with E-state index in [9.17, 15) is 4.79 Å². The Balaban J connectivity index is 1.73. The van der Waals surface area contributed by atoms with Crippen molar-refractivity contribution in [1.29, 1.82) is 0 Å². The Hall–Kier alpha value is -3.27. The molecule has 0 N–H and O–H groups in total. The highest BCUT2D eigenvalue weighted by atomic mass is 16.2. The van der Waals surface area contributed by atoms with E-state index in [2.05, 4.69) is 10.1 Å². The first-order chi connectivity index (χ1) is 12.3. The Bertz CT molecular complexity index is 892. The number of pyridine rings is 1. The summed E-state index contributed by atoms with van der Waals surface area (Å²) in [6.07, 6.45) is 2.40. The van der Waals surface area contributed by atoms with Gasteiger partial charge in [0.1, 0.15) is 6.04 Å². The molecule has 4 rings (SSSR count). The van der Waals surface area contributed by atoms with Crippen molar-refractivity contribution in [2.75, 3.05) is 0 Å². The summed E-state index contributed by atoms with van der Waals surface area (Å²) in [5.74, 6) is -0.109. The number of hydrogen-bond acceptors (Lipinski definition) is 3. The average Bonchev–Trinajstić information content (AvgIpc) is 3.15. The van der Waals surface area contributed by atoms with Gasteiger partial charge < -0.3 is 0 Å². The fraction of sp³-hybridized carbons (Fsp3) is 0.0952. The van der Waals surface area contributed by atoms with Crippen LogP contribution in [0, 0.1) is 0 Å². The van der Waals surface area contributed by atoms with Crippen LogP contribution in [0.3, 0.4) is 0 Å². The summed E-state index contributed by atoms with van der Waals surface area (Å²) < 4.78 is 0. The van der Waals surface area contributed by atoms with Crippen LogP contribution in [0.4, 0.5) is 0 Å². The predicted molar refractivity (Wildman–Crippen MR) is 97.2 cm³/mol. The fourth-order valence-electron chi connectivity index (χ4n) is 3.02. The van der Waals surface area contributed by atoms with E-state index < -0.39 is 0 Å². The molecule has 2 aromatic carbocycles. The number of amides is 1. The first-order valence-corrected chi connectivity index (χ1v) is 8.25. The lowest BCUT2D eigenvalue weighted by atomic mass is 10.0. The highest BCUT2D eigenvalue weighted by Crippen LogP contribution is 2.32. The quantitative estimate of drug-likeness (QED) is 0.728. The van der Waals surface area contributed by atoms with Crippen molar-refractivity contribution in [3.63, 3.8) is 0 Å². The molecule has 4 heteroatoms. The van der Waals surface area contributed by atoms with E-state index in [4.69, 9.17) is 0 Å². The van der Waals surface area contributed by atoms with Crippen LogP contribution in [-0.2, 0) is 0 Å². The molecule has 1 amide bonds. The molecular weight excluding hydrogens is 310 g/mol. The van der Waals surface area contributed by atoms with Crippen LogP contribution in [-0.4, -0.2) is 21.6 Å². The van der Waals surface area contributed by atoms with E-state index >= 15 is 0 Å². The van der Waals surface area contributed by atoms with Crippen LogP contribution in [0.1, 0.15) is 34.1 Å². The van der Waals surface area contributed by atoms with Crippen molar-refractivity contribution < 1.29 is 4.79 Å². The number of hydrazone groups is 1. The zero-order chi connectivity index (χ0) is 17.1. The zero-order valence-electron chi connectivity index (χ0n) is 13.6. The molecule has 1 unspecified atom stereocenters. The molecule has 0 aliphatic carbocycles. The molecule has 1 aromatic heterocycles. The van der Waals surface area contributed by atoms with Crippen molar-refractivity contribution in [1.82, 2.24) is 9.99 Å². The Labute approximate surface area is 146 Å². The van der Waals surface area contributed by atoms with Crippen molar-refractivity contribution in [3.8, 4) is 0 Å². The highest BCUT2D eigenvalue weighted by Gasteiger charge is 2.34. The van der Waals surface area contributed by atoms with Gasteiger partial charge in [0.25, 0.3) is 5.91 Å². The van der Waals surface area contributed by atoms with Crippen LogP contribution in [0.25, 0.3) is 0 Å². The second-order valence-electron chi connectivity index (χ2n) is 5.90. The first-order valence-electron chi connectivity index (χ1n) is 8.25. The van der Waals surface area contributed by atoms with Gasteiger partial charge >= 0.3 is 0 Å². The van der Waals surface area contributed by atoms with Gasteiger partial charge in [-0.25, -0.2) is 5.01 Å².